The maximum atomic E-state index is 12.5. The molecule has 9 nitrogen and oxygen atoms in total. The number of carbonyl (C=O) groups is 1. The van der Waals surface area contributed by atoms with E-state index in [-0.39, 0.29) is 18.2 Å². The quantitative estimate of drug-likeness (QED) is 0.540. The van der Waals surface area contributed by atoms with Gasteiger partial charge in [0.1, 0.15) is 19.3 Å². The Labute approximate surface area is 197 Å². The molecule has 1 fully saturated rings. The highest BCUT2D eigenvalue weighted by Gasteiger charge is 2.33. The number of ether oxygens (including phenoxy) is 4. The van der Waals surface area contributed by atoms with E-state index < -0.39 is 0 Å². The molecule has 2 aliphatic rings. The zero-order valence-corrected chi connectivity index (χ0v) is 19.1. The number of methoxy groups -OCH3 is 1. The summed E-state index contributed by atoms with van der Waals surface area (Å²) in [6.45, 7) is 1.52. The number of cyclic esters (lactones) is 1. The number of carbonyl (C=O) groups excluding carboxylic acids is 1. The highest BCUT2D eigenvalue weighted by atomic mass is 16.6. The highest BCUT2D eigenvalue weighted by Crippen LogP contribution is 2.35. The summed E-state index contributed by atoms with van der Waals surface area (Å²) in [6.07, 6.45) is 4.29. The first-order chi connectivity index (χ1) is 16.6. The Morgan fingerprint density at radius 1 is 1.15 bits per heavy atom. The average Bonchev–Trinajstić information content (AvgIpc) is 3.25. The van der Waals surface area contributed by atoms with Gasteiger partial charge in [0.2, 0.25) is 5.88 Å². The maximum absolute atomic E-state index is 12.5. The molecular formula is C25H28N4O5. The number of benzene rings is 1. The minimum absolute atomic E-state index is 0.0177. The van der Waals surface area contributed by atoms with Crippen molar-refractivity contribution in [2.75, 3.05) is 31.8 Å². The van der Waals surface area contributed by atoms with Crippen molar-refractivity contribution in [2.24, 2.45) is 5.73 Å². The number of pyridine rings is 2. The lowest BCUT2D eigenvalue weighted by molar-refractivity contribution is 0.134. The predicted molar refractivity (Wildman–Crippen MR) is 127 cm³/mol. The molecule has 4 heterocycles. The van der Waals surface area contributed by atoms with Gasteiger partial charge in [0.15, 0.2) is 11.5 Å². The second-order valence-corrected chi connectivity index (χ2v) is 8.51. The molecule has 9 heteroatoms. The Morgan fingerprint density at radius 2 is 2.00 bits per heavy atom. The van der Waals surface area contributed by atoms with Crippen molar-refractivity contribution in [2.45, 2.75) is 37.8 Å². The molecule has 0 spiro atoms. The summed E-state index contributed by atoms with van der Waals surface area (Å²) >= 11 is 0. The van der Waals surface area contributed by atoms with Crippen LogP contribution in [0.15, 0.2) is 42.6 Å². The number of nitrogens with zero attached hydrogens (tertiary/aromatic N) is 3. The van der Waals surface area contributed by atoms with Gasteiger partial charge in [0.05, 0.1) is 30.4 Å². The lowest BCUT2D eigenvalue weighted by Crippen LogP contribution is -2.26. The second kappa shape index (κ2) is 9.72. The number of amides is 1. The van der Waals surface area contributed by atoms with E-state index in [4.69, 9.17) is 24.7 Å². The Balaban J connectivity index is 1.15. The Bertz CT molecular complexity index is 1190. The van der Waals surface area contributed by atoms with Crippen LogP contribution in [0.4, 0.5) is 10.5 Å². The molecule has 1 aromatic carbocycles. The third-order valence-electron chi connectivity index (χ3n) is 6.21. The third-order valence-corrected chi connectivity index (χ3v) is 6.21. The van der Waals surface area contributed by atoms with Crippen LogP contribution >= 0.6 is 0 Å². The van der Waals surface area contributed by atoms with Crippen molar-refractivity contribution >= 4 is 22.8 Å². The van der Waals surface area contributed by atoms with Crippen molar-refractivity contribution in [3.8, 4) is 17.4 Å². The number of hydrogen-bond donors (Lipinski definition) is 1. The van der Waals surface area contributed by atoms with Crippen molar-refractivity contribution in [1.82, 2.24) is 9.97 Å². The number of fused-ring (bicyclic) bond motifs is 2. The van der Waals surface area contributed by atoms with E-state index in [2.05, 4.69) is 9.97 Å². The SMILES string of the molecule is COc1ccc2nccc(CC[C@H](N)CC[C@@H]3CN(c4ccc5c(c4)OCCO5)C(=O)O3)c2n1. The molecule has 178 valence electrons. The number of rotatable bonds is 8. The van der Waals surface area contributed by atoms with E-state index in [1.54, 1.807) is 18.2 Å². The molecule has 0 radical (unpaired) electrons. The summed E-state index contributed by atoms with van der Waals surface area (Å²) in [6, 6.07) is 11.2. The molecule has 1 amide bonds. The van der Waals surface area contributed by atoms with Crippen molar-refractivity contribution in [3.05, 3.63) is 48.2 Å². The van der Waals surface area contributed by atoms with Gasteiger partial charge in [-0.3, -0.25) is 9.88 Å². The molecule has 1 saturated heterocycles. The minimum atomic E-state index is -0.349. The molecule has 2 atom stereocenters. The summed E-state index contributed by atoms with van der Waals surface area (Å²) in [7, 11) is 1.60. The van der Waals surface area contributed by atoms with Crippen LogP contribution in [0.1, 0.15) is 24.8 Å². The van der Waals surface area contributed by atoms with Crippen LogP contribution in [-0.2, 0) is 11.2 Å². The molecule has 0 unspecified atom stereocenters. The number of aryl methyl sites for hydroxylation is 1. The smallest absolute Gasteiger partial charge is 0.414 e. The molecule has 2 aliphatic heterocycles. The highest BCUT2D eigenvalue weighted by molar-refractivity contribution is 5.90. The van der Waals surface area contributed by atoms with Gasteiger partial charge in [-0.1, -0.05) is 0 Å². The summed E-state index contributed by atoms with van der Waals surface area (Å²) in [4.78, 5) is 23.0. The minimum Gasteiger partial charge on any atom is -0.486 e. The predicted octanol–water partition coefficient (Wildman–Crippen LogP) is 3.48. The van der Waals surface area contributed by atoms with E-state index in [9.17, 15) is 4.79 Å². The Kier molecular flexibility index (Phi) is 6.35. The van der Waals surface area contributed by atoms with E-state index >= 15 is 0 Å². The number of aromatic nitrogens is 2. The van der Waals surface area contributed by atoms with E-state index in [1.165, 1.54) is 0 Å². The van der Waals surface area contributed by atoms with E-state index in [1.807, 2.05) is 36.4 Å². The first kappa shape index (κ1) is 22.2. The maximum Gasteiger partial charge on any atom is 0.414 e. The average molecular weight is 465 g/mol. The molecule has 0 aliphatic carbocycles. The standard InChI is InChI=1S/C25H28N4O5/c1-31-23-9-7-20-24(28-23)16(10-11-27-20)2-3-17(26)4-6-19-15-29(25(30)34-19)18-5-8-21-22(14-18)33-13-12-32-21/h5,7-11,14,17,19H,2-4,6,12-13,15,26H2,1H3/t17-,19+/m0/s1. The fourth-order valence-electron chi connectivity index (χ4n) is 4.34. The zero-order chi connectivity index (χ0) is 23.5. The van der Waals surface area contributed by atoms with Crippen LogP contribution in [0.2, 0.25) is 0 Å². The molecular weight excluding hydrogens is 436 g/mol. The summed E-state index contributed by atoms with van der Waals surface area (Å²) in [5.41, 5.74) is 9.93. The lowest BCUT2D eigenvalue weighted by atomic mass is 10.0. The van der Waals surface area contributed by atoms with Gasteiger partial charge in [-0.2, -0.15) is 0 Å². The fraction of sp³-hybridized carbons (Fsp3) is 0.400. The molecule has 34 heavy (non-hydrogen) atoms. The lowest BCUT2D eigenvalue weighted by Gasteiger charge is -2.21. The van der Waals surface area contributed by atoms with E-state index in [0.717, 1.165) is 41.5 Å². The summed E-state index contributed by atoms with van der Waals surface area (Å²) < 4.78 is 22.0. The Hall–Kier alpha value is -3.59. The van der Waals surface area contributed by atoms with Crippen LogP contribution in [0.3, 0.4) is 0 Å². The molecule has 5 rings (SSSR count). The van der Waals surface area contributed by atoms with Crippen LogP contribution in [0.25, 0.3) is 11.0 Å². The normalized spacial score (nSPS) is 18.1. The van der Waals surface area contributed by atoms with Crippen LogP contribution < -0.4 is 24.8 Å². The van der Waals surface area contributed by atoms with Gasteiger partial charge in [0.25, 0.3) is 0 Å². The first-order valence-electron chi connectivity index (χ1n) is 11.5. The molecule has 2 N–H and O–H groups in total. The molecule has 3 aromatic rings. The van der Waals surface area contributed by atoms with Gasteiger partial charge >= 0.3 is 6.09 Å². The van der Waals surface area contributed by atoms with Gasteiger partial charge < -0.3 is 24.7 Å². The molecule has 0 saturated carbocycles. The second-order valence-electron chi connectivity index (χ2n) is 8.51. The largest absolute Gasteiger partial charge is 0.486 e. The van der Waals surface area contributed by atoms with Crippen molar-refractivity contribution < 1.29 is 23.7 Å². The van der Waals surface area contributed by atoms with Crippen LogP contribution in [0, 0.1) is 0 Å². The van der Waals surface area contributed by atoms with E-state index in [0.29, 0.717) is 43.6 Å². The van der Waals surface area contributed by atoms with Crippen molar-refractivity contribution in [1.29, 1.82) is 0 Å². The van der Waals surface area contributed by atoms with Gasteiger partial charge in [-0.25, -0.2) is 9.78 Å². The van der Waals surface area contributed by atoms with Crippen LogP contribution in [0.5, 0.6) is 17.4 Å². The van der Waals surface area contributed by atoms with Crippen LogP contribution in [-0.4, -0.2) is 55.1 Å². The monoisotopic (exact) mass is 464 g/mol. The number of nitrogens with two attached hydrogens (primary N) is 1. The number of anilines is 1. The Morgan fingerprint density at radius 3 is 2.85 bits per heavy atom. The fourth-order valence-corrected chi connectivity index (χ4v) is 4.34. The summed E-state index contributed by atoms with van der Waals surface area (Å²) in [5, 5.41) is 0. The molecule has 0 bridgehead atoms. The zero-order valence-electron chi connectivity index (χ0n) is 19.1. The number of hydrogen-bond acceptors (Lipinski definition) is 8. The van der Waals surface area contributed by atoms with Gasteiger partial charge in [-0.15, -0.1) is 0 Å². The molecule has 2 aromatic heterocycles. The van der Waals surface area contributed by atoms with Gasteiger partial charge in [-0.05, 0) is 55.5 Å². The van der Waals surface area contributed by atoms with Crippen molar-refractivity contribution in [3.63, 3.8) is 0 Å². The van der Waals surface area contributed by atoms with Gasteiger partial charge in [0, 0.05) is 24.4 Å². The topological polar surface area (TPSA) is 109 Å². The first-order valence-corrected chi connectivity index (χ1v) is 11.5. The summed E-state index contributed by atoms with van der Waals surface area (Å²) in [5.74, 6) is 1.91. The third kappa shape index (κ3) is 4.70.